The van der Waals surface area contributed by atoms with E-state index < -0.39 is 0 Å². The Morgan fingerprint density at radius 3 is 2.50 bits per heavy atom. The Morgan fingerprint density at radius 1 is 1.20 bits per heavy atom. The molecule has 1 aromatic heterocycles. The van der Waals surface area contributed by atoms with Crippen LogP contribution in [0, 0.1) is 0 Å². The van der Waals surface area contributed by atoms with Crippen LogP contribution >= 0.6 is 44.1 Å². The molecular formula is C13H10Br2N2O2S. The lowest BCUT2D eigenvalue weighted by atomic mass is 10.2. The van der Waals surface area contributed by atoms with Crippen LogP contribution in [0.25, 0.3) is 0 Å². The first kappa shape index (κ1) is 15.2. The maximum absolute atomic E-state index is 5.82. The van der Waals surface area contributed by atoms with Gasteiger partial charge in [-0.2, -0.15) is 0 Å². The molecule has 7 heteroatoms. The zero-order valence-electron chi connectivity index (χ0n) is 10.4. The summed E-state index contributed by atoms with van der Waals surface area (Å²) in [4.78, 5) is 4.27. The molecule has 2 aromatic rings. The number of pyridine rings is 1. The molecule has 1 heterocycles. The van der Waals surface area contributed by atoms with Crippen molar-refractivity contribution in [3.8, 4) is 17.2 Å². The Labute approximate surface area is 138 Å². The minimum atomic E-state index is 0.256. The first-order valence-electron chi connectivity index (χ1n) is 5.47. The fourth-order valence-electron chi connectivity index (χ4n) is 1.53. The molecule has 0 atom stereocenters. The molecule has 0 radical (unpaired) electrons. The van der Waals surface area contributed by atoms with Crippen LogP contribution in [-0.4, -0.2) is 17.1 Å². The zero-order chi connectivity index (χ0) is 14.7. The first-order chi connectivity index (χ1) is 9.52. The van der Waals surface area contributed by atoms with Crippen LogP contribution < -0.4 is 15.2 Å². The summed E-state index contributed by atoms with van der Waals surface area (Å²) in [7, 11) is 1.60. The Kier molecular flexibility index (Phi) is 4.95. The van der Waals surface area contributed by atoms with Gasteiger partial charge in [-0.15, -0.1) is 0 Å². The second-order valence-electron chi connectivity index (χ2n) is 3.76. The highest BCUT2D eigenvalue weighted by Gasteiger charge is 2.12. The highest BCUT2D eigenvalue weighted by Crippen LogP contribution is 2.38. The van der Waals surface area contributed by atoms with Crippen molar-refractivity contribution in [3.63, 3.8) is 0 Å². The molecule has 0 bridgehead atoms. The van der Waals surface area contributed by atoms with E-state index in [1.807, 2.05) is 0 Å². The standard InChI is InChI=1S/C13H10Br2N2O2S/c1-18-10-4-9(15)11(5-8(10)14)19-12-6-17-3-2-7(12)13(16)20/h2-6H,1H3,(H2,16,20). The summed E-state index contributed by atoms with van der Waals surface area (Å²) in [5.41, 5.74) is 6.30. The van der Waals surface area contributed by atoms with Crippen LogP contribution in [0.5, 0.6) is 17.2 Å². The number of rotatable bonds is 4. The predicted octanol–water partition coefficient (Wildman–Crippen LogP) is 4.04. The molecule has 104 valence electrons. The Balaban J connectivity index is 2.40. The van der Waals surface area contributed by atoms with Gasteiger partial charge in [-0.1, -0.05) is 12.2 Å². The predicted molar refractivity (Wildman–Crippen MR) is 88.6 cm³/mol. The van der Waals surface area contributed by atoms with Crippen LogP contribution in [-0.2, 0) is 0 Å². The van der Waals surface area contributed by atoms with Gasteiger partial charge >= 0.3 is 0 Å². The second-order valence-corrected chi connectivity index (χ2v) is 5.90. The van der Waals surface area contributed by atoms with Gasteiger partial charge in [0, 0.05) is 6.20 Å². The zero-order valence-corrected chi connectivity index (χ0v) is 14.4. The fourth-order valence-corrected chi connectivity index (χ4v) is 2.58. The van der Waals surface area contributed by atoms with Crippen LogP contribution in [0.1, 0.15) is 5.56 Å². The quantitative estimate of drug-likeness (QED) is 0.760. The number of halogens is 2. The summed E-state index contributed by atoms with van der Waals surface area (Å²) >= 11 is 11.8. The van der Waals surface area contributed by atoms with E-state index in [0.717, 1.165) is 8.95 Å². The van der Waals surface area contributed by atoms with Crippen molar-refractivity contribution < 1.29 is 9.47 Å². The normalized spacial score (nSPS) is 10.2. The topological polar surface area (TPSA) is 57.4 Å². The summed E-state index contributed by atoms with van der Waals surface area (Å²) in [6.45, 7) is 0. The highest BCUT2D eigenvalue weighted by molar-refractivity contribution is 9.11. The van der Waals surface area contributed by atoms with Gasteiger partial charge in [-0.05, 0) is 50.1 Å². The Bertz CT molecular complexity index is 665. The number of aromatic nitrogens is 1. The number of methoxy groups -OCH3 is 1. The summed E-state index contributed by atoms with van der Waals surface area (Å²) in [5, 5.41) is 0. The second kappa shape index (κ2) is 6.51. The molecule has 0 spiro atoms. The average molecular weight is 418 g/mol. The van der Waals surface area contributed by atoms with Gasteiger partial charge in [0.15, 0.2) is 5.75 Å². The lowest BCUT2D eigenvalue weighted by Crippen LogP contribution is -2.10. The van der Waals surface area contributed by atoms with Gasteiger partial charge in [-0.25, -0.2) is 0 Å². The van der Waals surface area contributed by atoms with E-state index in [2.05, 4.69) is 36.8 Å². The molecule has 20 heavy (non-hydrogen) atoms. The third-order valence-corrected chi connectivity index (χ3v) is 3.94. The molecule has 2 N–H and O–H groups in total. The van der Waals surface area contributed by atoms with E-state index in [0.29, 0.717) is 22.8 Å². The van der Waals surface area contributed by atoms with Crippen molar-refractivity contribution in [2.45, 2.75) is 0 Å². The molecule has 0 amide bonds. The van der Waals surface area contributed by atoms with Crippen LogP contribution in [0.2, 0.25) is 0 Å². The average Bonchev–Trinajstić information content (AvgIpc) is 2.42. The first-order valence-corrected chi connectivity index (χ1v) is 7.47. The van der Waals surface area contributed by atoms with Gasteiger partial charge in [-0.3, -0.25) is 4.98 Å². The molecule has 2 rings (SSSR count). The molecule has 0 saturated carbocycles. The highest BCUT2D eigenvalue weighted by atomic mass is 79.9. The molecule has 0 aliphatic carbocycles. The Hall–Kier alpha value is -1.18. The van der Waals surface area contributed by atoms with Gasteiger partial charge < -0.3 is 15.2 Å². The van der Waals surface area contributed by atoms with Crippen molar-refractivity contribution in [1.29, 1.82) is 0 Å². The molecule has 0 aliphatic heterocycles. The van der Waals surface area contributed by atoms with Crippen molar-refractivity contribution in [3.05, 3.63) is 45.1 Å². The van der Waals surface area contributed by atoms with Crippen LogP contribution in [0.4, 0.5) is 0 Å². The maximum atomic E-state index is 5.82. The number of nitrogens with two attached hydrogens (primary N) is 1. The van der Waals surface area contributed by atoms with Gasteiger partial charge in [0.2, 0.25) is 0 Å². The van der Waals surface area contributed by atoms with E-state index in [4.69, 9.17) is 27.4 Å². The van der Waals surface area contributed by atoms with Crippen LogP contribution in [0.3, 0.4) is 0 Å². The molecular weight excluding hydrogens is 408 g/mol. The molecule has 0 unspecified atom stereocenters. The number of thiocarbonyl (C=S) groups is 1. The van der Waals surface area contributed by atoms with Crippen LogP contribution in [0.15, 0.2) is 39.5 Å². The number of benzene rings is 1. The summed E-state index contributed by atoms with van der Waals surface area (Å²) in [5.74, 6) is 1.80. The summed E-state index contributed by atoms with van der Waals surface area (Å²) < 4.78 is 12.5. The molecule has 4 nitrogen and oxygen atoms in total. The summed E-state index contributed by atoms with van der Waals surface area (Å²) in [6, 6.07) is 5.31. The van der Waals surface area contributed by atoms with E-state index in [1.54, 1.807) is 37.7 Å². The SMILES string of the molecule is COc1cc(Br)c(Oc2cnccc2C(N)=S)cc1Br. The molecule has 0 aliphatic rings. The smallest absolute Gasteiger partial charge is 0.155 e. The lowest BCUT2D eigenvalue weighted by molar-refractivity contribution is 0.409. The number of hydrogen-bond acceptors (Lipinski definition) is 4. The Morgan fingerprint density at radius 2 is 1.85 bits per heavy atom. The van der Waals surface area contributed by atoms with E-state index in [-0.39, 0.29) is 4.99 Å². The minimum Gasteiger partial charge on any atom is -0.496 e. The van der Waals surface area contributed by atoms with Gasteiger partial charge in [0.1, 0.15) is 16.5 Å². The number of nitrogens with zero attached hydrogens (tertiary/aromatic N) is 1. The van der Waals surface area contributed by atoms with E-state index in [9.17, 15) is 0 Å². The maximum Gasteiger partial charge on any atom is 0.155 e. The van der Waals surface area contributed by atoms with E-state index >= 15 is 0 Å². The molecule has 0 fully saturated rings. The third kappa shape index (κ3) is 3.28. The molecule has 1 aromatic carbocycles. The fraction of sp³-hybridized carbons (Fsp3) is 0.0769. The van der Waals surface area contributed by atoms with Crippen molar-refractivity contribution in [1.82, 2.24) is 4.98 Å². The van der Waals surface area contributed by atoms with Crippen molar-refractivity contribution in [2.24, 2.45) is 5.73 Å². The molecule has 0 saturated heterocycles. The van der Waals surface area contributed by atoms with Gasteiger partial charge in [0.05, 0.1) is 27.8 Å². The minimum absolute atomic E-state index is 0.256. The monoisotopic (exact) mass is 416 g/mol. The lowest BCUT2D eigenvalue weighted by Gasteiger charge is -2.12. The number of hydrogen-bond donors (Lipinski definition) is 1. The third-order valence-electron chi connectivity index (χ3n) is 2.48. The van der Waals surface area contributed by atoms with E-state index in [1.165, 1.54) is 0 Å². The van der Waals surface area contributed by atoms with Gasteiger partial charge in [0.25, 0.3) is 0 Å². The largest absolute Gasteiger partial charge is 0.496 e. The summed E-state index contributed by atoms with van der Waals surface area (Å²) in [6.07, 6.45) is 3.18. The number of ether oxygens (including phenoxy) is 2. The van der Waals surface area contributed by atoms with Crippen molar-refractivity contribution in [2.75, 3.05) is 7.11 Å². The van der Waals surface area contributed by atoms with Crippen molar-refractivity contribution >= 4 is 49.1 Å².